The quantitative estimate of drug-likeness (QED) is 0.719. The van der Waals surface area contributed by atoms with Crippen LogP contribution in [0.5, 0.6) is 0 Å². The predicted molar refractivity (Wildman–Crippen MR) is 60.4 cm³/mol. The van der Waals surface area contributed by atoms with Gasteiger partial charge >= 0.3 is 0 Å². The van der Waals surface area contributed by atoms with Crippen LogP contribution in [-0.4, -0.2) is 25.2 Å². The van der Waals surface area contributed by atoms with E-state index in [-0.39, 0.29) is 0 Å². The molecule has 1 aliphatic heterocycles. The highest BCUT2D eigenvalue weighted by Crippen LogP contribution is 2.28. The highest BCUT2D eigenvalue weighted by atomic mass is 15.0. The van der Waals surface area contributed by atoms with Gasteiger partial charge < -0.3 is 10.6 Å². The molecule has 2 nitrogen and oxygen atoms in total. The van der Waals surface area contributed by atoms with Crippen molar-refractivity contribution in [3.63, 3.8) is 0 Å². The topological polar surface area (TPSA) is 24.1 Å². The summed E-state index contributed by atoms with van der Waals surface area (Å²) in [6, 6.07) is 1.55. The van der Waals surface area contributed by atoms with Crippen molar-refractivity contribution >= 4 is 0 Å². The Morgan fingerprint density at radius 2 is 1.86 bits per heavy atom. The van der Waals surface area contributed by atoms with E-state index >= 15 is 0 Å². The molecule has 1 aliphatic carbocycles. The molecule has 0 aromatic heterocycles. The molecule has 1 saturated heterocycles. The van der Waals surface area contributed by atoms with Crippen LogP contribution >= 0.6 is 0 Å². The molecule has 1 saturated carbocycles. The van der Waals surface area contributed by atoms with Gasteiger partial charge in [-0.1, -0.05) is 6.92 Å². The predicted octanol–water partition coefficient (Wildman–Crippen LogP) is 1.76. The Kier molecular flexibility index (Phi) is 3.45. The third-order valence-electron chi connectivity index (χ3n) is 4.19. The van der Waals surface area contributed by atoms with Gasteiger partial charge in [-0.2, -0.15) is 0 Å². The number of nitrogens with one attached hydrogen (secondary N) is 2. The van der Waals surface area contributed by atoms with E-state index in [9.17, 15) is 0 Å². The van der Waals surface area contributed by atoms with Crippen LogP contribution in [0.15, 0.2) is 0 Å². The van der Waals surface area contributed by atoms with Crippen molar-refractivity contribution in [1.29, 1.82) is 0 Å². The van der Waals surface area contributed by atoms with Gasteiger partial charge in [0.1, 0.15) is 0 Å². The summed E-state index contributed by atoms with van der Waals surface area (Å²) in [5, 5.41) is 7.24. The maximum absolute atomic E-state index is 3.81. The number of hydrogen-bond acceptors (Lipinski definition) is 2. The normalized spacial score (nSPS) is 36.4. The molecule has 2 rings (SSSR count). The van der Waals surface area contributed by atoms with Crippen molar-refractivity contribution in [2.24, 2.45) is 11.8 Å². The summed E-state index contributed by atoms with van der Waals surface area (Å²) in [5.74, 6) is 1.82. The lowest BCUT2D eigenvalue weighted by molar-refractivity contribution is 0.179. The molecule has 1 heterocycles. The van der Waals surface area contributed by atoms with Gasteiger partial charge in [0.25, 0.3) is 0 Å². The summed E-state index contributed by atoms with van der Waals surface area (Å²) in [6.07, 6.45) is 5.54. The van der Waals surface area contributed by atoms with Crippen LogP contribution in [0.3, 0.4) is 0 Å². The zero-order chi connectivity index (χ0) is 9.97. The van der Waals surface area contributed by atoms with Crippen LogP contribution in [0.4, 0.5) is 0 Å². The standard InChI is InChI=1S/C12H24N2/c1-9-3-4-12(9)14-10(2)11-5-7-13-8-6-11/h9-14H,3-8H2,1-2H3. The van der Waals surface area contributed by atoms with Crippen LogP contribution in [0, 0.1) is 11.8 Å². The minimum absolute atomic E-state index is 0.727. The van der Waals surface area contributed by atoms with E-state index in [0.717, 1.165) is 23.9 Å². The molecule has 3 atom stereocenters. The summed E-state index contributed by atoms with van der Waals surface area (Å²) >= 11 is 0. The van der Waals surface area contributed by atoms with Crippen molar-refractivity contribution in [2.75, 3.05) is 13.1 Å². The molecule has 2 aliphatic rings. The van der Waals surface area contributed by atoms with E-state index in [0.29, 0.717) is 0 Å². The van der Waals surface area contributed by atoms with Crippen molar-refractivity contribution in [3.8, 4) is 0 Å². The van der Waals surface area contributed by atoms with Crippen LogP contribution in [0.1, 0.15) is 39.5 Å². The third-order valence-corrected chi connectivity index (χ3v) is 4.19. The summed E-state index contributed by atoms with van der Waals surface area (Å²) in [6.45, 7) is 7.19. The average Bonchev–Trinajstić information content (AvgIpc) is 2.24. The second-order valence-corrected chi connectivity index (χ2v) is 5.20. The summed E-state index contributed by atoms with van der Waals surface area (Å²) in [5.41, 5.74) is 0. The Labute approximate surface area is 87.8 Å². The minimum atomic E-state index is 0.727. The van der Waals surface area contributed by atoms with E-state index in [1.807, 2.05) is 0 Å². The zero-order valence-corrected chi connectivity index (χ0v) is 9.55. The first-order valence-corrected chi connectivity index (χ1v) is 6.24. The smallest absolute Gasteiger partial charge is 0.00954 e. The lowest BCUT2D eigenvalue weighted by atomic mass is 9.79. The molecule has 0 aromatic carbocycles. The fourth-order valence-electron chi connectivity index (χ4n) is 2.73. The molecular weight excluding hydrogens is 172 g/mol. The van der Waals surface area contributed by atoms with E-state index in [2.05, 4.69) is 24.5 Å². The highest BCUT2D eigenvalue weighted by molar-refractivity contribution is 4.88. The first-order valence-electron chi connectivity index (χ1n) is 6.24. The maximum atomic E-state index is 3.81. The Hall–Kier alpha value is -0.0800. The molecule has 0 aromatic rings. The molecule has 0 radical (unpaired) electrons. The van der Waals surface area contributed by atoms with Gasteiger partial charge in [0.15, 0.2) is 0 Å². The maximum Gasteiger partial charge on any atom is 0.00954 e. The van der Waals surface area contributed by atoms with Gasteiger partial charge in [-0.05, 0) is 57.5 Å². The summed E-state index contributed by atoms with van der Waals surface area (Å²) in [4.78, 5) is 0. The van der Waals surface area contributed by atoms with Crippen molar-refractivity contribution in [2.45, 2.75) is 51.6 Å². The number of rotatable bonds is 3. The molecule has 2 heteroatoms. The SMILES string of the molecule is CC1CCC1NC(C)C1CCNCC1. The molecule has 2 fully saturated rings. The molecule has 2 N–H and O–H groups in total. The monoisotopic (exact) mass is 196 g/mol. The highest BCUT2D eigenvalue weighted by Gasteiger charge is 2.29. The number of piperidine rings is 1. The molecule has 14 heavy (non-hydrogen) atoms. The van der Waals surface area contributed by atoms with Crippen LogP contribution in [-0.2, 0) is 0 Å². The van der Waals surface area contributed by atoms with E-state index in [4.69, 9.17) is 0 Å². The van der Waals surface area contributed by atoms with Gasteiger partial charge in [0.2, 0.25) is 0 Å². The fourth-order valence-corrected chi connectivity index (χ4v) is 2.73. The molecule has 0 amide bonds. The van der Waals surface area contributed by atoms with Crippen LogP contribution < -0.4 is 10.6 Å². The van der Waals surface area contributed by atoms with Crippen molar-refractivity contribution in [1.82, 2.24) is 10.6 Å². The lowest BCUT2D eigenvalue weighted by Gasteiger charge is -2.39. The van der Waals surface area contributed by atoms with E-state index < -0.39 is 0 Å². The Balaban J connectivity index is 1.73. The molecule has 0 bridgehead atoms. The van der Waals surface area contributed by atoms with Gasteiger partial charge in [0.05, 0.1) is 0 Å². The van der Waals surface area contributed by atoms with E-state index in [1.165, 1.54) is 38.8 Å². The molecule has 3 unspecified atom stereocenters. The van der Waals surface area contributed by atoms with Crippen molar-refractivity contribution < 1.29 is 0 Å². The number of hydrogen-bond donors (Lipinski definition) is 2. The second kappa shape index (κ2) is 4.63. The Bertz CT molecular complexity index is 175. The zero-order valence-electron chi connectivity index (χ0n) is 9.55. The first kappa shape index (κ1) is 10.4. The Morgan fingerprint density at radius 3 is 2.36 bits per heavy atom. The average molecular weight is 196 g/mol. The first-order chi connectivity index (χ1) is 6.77. The van der Waals surface area contributed by atoms with Crippen molar-refractivity contribution in [3.05, 3.63) is 0 Å². The molecular formula is C12H24N2. The van der Waals surface area contributed by atoms with Gasteiger partial charge in [0, 0.05) is 12.1 Å². The van der Waals surface area contributed by atoms with Crippen LogP contribution in [0.2, 0.25) is 0 Å². The second-order valence-electron chi connectivity index (χ2n) is 5.20. The van der Waals surface area contributed by atoms with Gasteiger partial charge in [-0.3, -0.25) is 0 Å². The van der Waals surface area contributed by atoms with Crippen LogP contribution in [0.25, 0.3) is 0 Å². The molecule has 0 spiro atoms. The summed E-state index contributed by atoms with van der Waals surface area (Å²) in [7, 11) is 0. The lowest BCUT2D eigenvalue weighted by Crippen LogP contribution is -2.50. The third kappa shape index (κ3) is 2.29. The van der Waals surface area contributed by atoms with Gasteiger partial charge in [-0.25, -0.2) is 0 Å². The minimum Gasteiger partial charge on any atom is -0.317 e. The largest absolute Gasteiger partial charge is 0.317 e. The summed E-state index contributed by atoms with van der Waals surface area (Å²) < 4.78 is 0. The van der Waals surface area contributed by atoms with E-state index in [1.54, 1.807) is 0 Å². The molecule has 82 valence electrons. The van der Waals surface area contributed by atoms with Gasteiger partial charge in [-0.15, -0.1) is 0 Å². The Morgan fingerprint density at radius 1 is 1.14 bits per heavy atom. The fraction of sp³-hybridized carbons (Fsp3) is 1.00.